The van der Waals surface area contributed by atoms with Crippen molar-refractivity contribution in [3.05, 3.63) is 82.0 Å². The van der Waals surface area contributed by atoms with E-state index in [1.54, 1.807) is 55.5 Å². The van der Waals surface area contributed by atoms with Crippen molar-refractivity contribution in [2.45, 2.75) is 19.4 Å². The number of hydrogen-bond donors (Lipinski definition) is 3. The van der Waals surface area contributed by atoms with Crippen LogP contribution in [0.25, 0.3) is 0 Å². The van der Waals surface area contributed by atoms with Gasteiger partial charge in [-0.3, -0.25) is 19.3 Å². The highest BCUT2D eigenvalue weighted by atomic mass is 32.1. The first-order valence-electron chi connectivity index (χ1n) is 10.2. The molecule has 1 aromatic heterocycles. The molecule has 1 fully saturated rings. The molecule has 168 valence electrons. The first-order chi connectivity index (χ1) is 15.8. The van der Waals surface area contributed by atoms with E-state index in [1.807, 2.05) is 24.4 Å². The van der Waals surface area contributed by atoms with Crippen LogP contribution < -0.4 is 16.0 Å². The summed E-state index contributed by atoms with van der Waals surface area (Å²) in [6.07, 6.45) is 0. The van der Waals surface area contributed by atoms with Crippen molar-refractivity contribution in [2.75, 3.05) is 17.2 Å². The fourth-order valence-electron chi connectivity index (χ4n) is 3.74. The Morgan fingerprint density at radius 2 is 1.64 bits per heavy atom. The van der Waals surface area contributed by atoms with Crippen LogP contribution in [-0.2, 0) is 15.1 Å². The Kier molecular flexibility index (Phi) is 5.97. The lowest BCUT2D eigenvalue weighted by molar-refractivity contribution is -0.133. The number of carbonyl (C=O) groups excluding carboxylic acids is 4. The van der Waals surface area contributed by atoms with Gasteiger partial charge in [-0.05, 0) is 60.7 Å². The molecule has 4 rings (SSSR count). The molecule has 3 aromatic rings. The average Bonchev–Trinajstić information content (AvgIpc) is 3.40. The summed E-state index contributed by atoms with van der Waals surface area (Å²) in [6.45, 7) is 3.08. The summed E-state index contributed by atoms with van der Waals surface area (Å²) in [6, 6.07) is 16.8. The largest absolute Gasteiger partial charge is 0.325 e. The zero-order valence-electron chi connectivity index (χ0n) is 18.0. The molecular formula is C24H22N4O4S. The SMILES string of the molecule is Cc1ccccc1C1(C)NC(=O)N(CC(=O)Nc2ccc(NC(=O)c3cccs3)cc2)C1=O. The van der Waals surface area contributed by atoms with Crippen LogP contribution in [0, 0.1) is 6.92 Å². The molecular weight excluding hydrogens is 440 g/mol. The molecule has 0 saturated carbocycles. The van der Waals surface area contributed by atoms with Crippen molar-refractivity contribution in [2.24, 2.45) is 0 Å². The molecule has 1 saturated heterocycles. The number of carbonyl (C=O) groups is 4. The maximum Gasteiger partial charge on any atom is 0.325 e. The van der Waals surface area contributed by atoms with E-state index in [9.17, 15) is 19.2 Å². The smallest absolute Gasteiger partial charge is 0.325 e. The Bertz CT molecular complexity index is 1220. The first-order valence-corrected chi connectivity index (χ1v) is 11.1. The first kappa shape index (κ1) is 22.2. The number of nitrogens with one attached hydrogen (secondary N) is 3. The van der Waals surface area contributed by atoms with Crippen LogP contribution in [0.15, 0.2) is 66.0 Å². The number of amides is 5. The maximum absolute atomic E-state index is 13.0. The molecule has 0 radical (unpaired) electrons. The van der Waals surface area contributed by atoms with Gasteiger partial charge in [-0.2, -0.15) is 0 Å². The summed E-state index contributed by atoms with van der Waals surface area (Å²) >= 11 is 1.34. The van der Waals surface area contributed by atoms with Crippen LogP contribution in [0.3, 0.4) is 0 Å². The Labute approximate surface area is 194 Å². The number of anilines is 2. The van der Waals surface area contributed by atoms with Gasteiger partial charge in [0.25, 0.3) is 11.8 Å². The minimum absolute atomic E-state index is 0.211. The number of urea groups is 1. The van der Waals surface area contributed by atoms with Gasteiger partial charge in [0.2, 0.25) is 5.91 Å². The van der Waals surface area contributed by atoms with Crippen molar-refractivity contribution in [3.63, 3.8) is 0 Å². The predicted molar refractivity (Wildman–Crippen MR) is 126 cm³/mol. The van der Waals surface area contributed by atoms with Gasteiger partial charge in [-0.25, -0.2) is 4.79 Å². The highest BCUT2D eigenvalue weighted by Gasteiger charge is 2.50. The molecule has 1 aliphatic heterocycles. The topological polar surface area (TPSA) is 108 Å². The van der Waals surface area contributed by atoms with Gasteiger partial charge in [0.1, 0.15) is 12.1 Å². The monoisotopic (exact) mass is 462 g/mol. The molecule has 5 amide bonds. The molecule has 1 unspecified atom stereocenters. The fourth-order valence-corrected chi connectivity index (χ4v) is 4.36. The number of thiophene rings is 1. The molecule has 1 atom stereocenters. The van der Waals surface area contributed by atoms with Gasteiger partial charge >= 0.3 is 6.03 Å². The summed E-state index contributed by atoms with van der Waals surface area (Å²) < 4.78 is 0. The molecule has 2 aromatic carbocycles. The van der Waals surface area contributed by atoms with Crippen molar-refractivity contribution in [1.29, 1.82) is 0 Å². The van der Waals surface area contributed by atoms with Crippen LogP contribution >= 0.6 is 11.3 Å². The summed E-state index contributed by atoms with van der Waals surface area (Å²) in [5.74, 6) is -1.21. The van der Waals surface area contributed by atoms with E-state index in [1.165, 1.54) is 11.3 Å². The second-order valence-electron chi connectivity index (χ2n) is 7.82. The number of aryl methyl sites for hydroxylation is 1. The maximum atomic E-state index is 13.0. The third-order valence-corrected chi connectivity index (χ3v) is 6.30. The second-order valence-corrected chi connectivity index (χ2v) is 8.77. The number of benzene rings is 2. The van der Waals surface area contributed by atoms with E-state index in [0.717, 1.165) is 10.5 Å². The van der Waals surface area contributed by atoms with Crippen LogP contribution in [-0.4, -0.2) is 35.2 Å². The fraction of sp³-hybridized carbons (Fsp3) is 0.167. The number of hydrogen-bond acceptors (Lipinski definition) is 5. The Morgan fingerprint density at radius 3 is 2.27 bits per heavy atom. The lowest BCUT2D eigenvalue weighted by atomic mass is 9.88. The highest BCUT2D eigenvalue weighted by molar-refractivity contribution is 7.12. The van der Waals surface area contributed by atoms with Gasteiger partial charge in [-0.1, -0.05) is 30.3 Å². The molecule has 0 bridgehead atoms. The highest BCUT2D eigenvalue weighted by Crippen LogP contribution is 2.30. The van der Waals surface area contributed by atoms with E-state index < -0.39 is 29.9 Å². The molecule has 8 nitrogen and oxygen atoms in total. The summed E-state index contributed by atoms with van der Waals surface area (Å²) in [7, 11) is 0. The lowest BCUT2D eigenvalue weighted by Gasteiger charge is -2.24. The standard InChI is InChI=1S/C24H22N4O4S/c1-15-6-3-4-7-18(15)24(2)22(31)28(23(32)27-24)14-20(29)25-16-9-11-17(12-10-16)26-21(30)19-8-5-13-33-19/h3-13H,14H2,1-2H3,(H,25,29)(H,26,30)(H,27,32). The van der Waals surface area contributed by atoms with Gasteiger partial charge in [0, 0.05) is 11.4 Å². The molecule has 33 heavy (non-hydrogen) atoms. The Balaban J connectivity index is 1.38. The molecule has 0 spiro atoms. The quantitative estimate of drug-likeness (QED) is 0.485. The van der Waals surface area contributed by atoms with Crippen LogP contribution in [0.2, 0.25) is 0 Å². The van der Waals surface area contributed by atoms with Crippen molar-refractivity contribution in [1.82, 2.24) is 10.2 Å². The van der Waals surface area contributed by atoms with E-state index in [4.69, 9.17) is 0 Å². The van der Waals surface area contributed by atoms with E-state index in [2.05, 4.69) is 16.0 Å². The molecule has 9 heteroatoms. The molecule has 3 N–H and O–H groups in total. The van der Waals surface area contributed by atoms with Gasteiger partial charge in [-0.15, -0.1) is 11.3 Å². The van der Waals surface area contributed by atoms with Crippen molar-refractivity contribution < 1.29 is 19.2 Å². The van der Waals surface area contributed by atoms with Gasteiger partial charge in [0.15, 0.2) is 0 Å². The summed E-state index contributed by atoms with van der Waals surface area (Å²) in [4.78, 5) is 51.7. The van der Waals surface area contributed by atoms with E-state index in [-0.39, 0.29) is 5.91 Å². The minimum atomic E-state index is -1.23. The number of nitrogens with zero attached hydrogens (tertiary/aromatic N) is 1. The summed E-state index contributed by atoms with van der Waals surface area (Å²) in [5, 5.41) is 9.98. The van der Waals surface area contributed by atoms with Gasteiger partial charge < -0.3 is 16.0 Å². The van der Waals surface area contributed by atoms with Crippen LogP contribution in [0.1, 0.15) is 27.7 Å². The normalized spacial score (nSPS) is 17.6. The third kappa shape index (κ3) is 4.49. The second kappa shape index (κ2) is 8.87. The van der Waals surface area contributed by atoms with Gasteiger partial charge in [0.05, 0.1) is 4.88 Å². The zero-order chi connectivity index (χ0) is 23.6. The minimum Gasteiger partial charge on any atom is -0.325 e. The van der Waals surface area contributed by atoms with Crippen molar-refractivity contribution >= 4 is 46.5 Å². The van der Waals surface area contributed by atoms with E-state index >= 15 is 0 Å². The lowest BCUT2D eigenvalue weighted by Crippen LogP contribution is -2.42. The zero-order valence-corrected chi connectivity index (χ0v) is 18.9. The molecule has 2 heterocycles. The van der Waals surface area contributed by atoms with Crippen molar-refractivity contribution in [3.8, 4) is 0 Å². The molecule has 1 aliphatic rings. The molecule has 0 aliphatic carbocycles. The third-order valence-electron chi connectivity index (χ3n) is 5.43. The average molecular weight is 463 g/mol. The predicted octanol–water partition coefficient (Wildman–Crippen LogP) is 3.71. The van der Waals surface area contributed by atoms with Crippen LogP contribution in [0.5, 0.6) is 0 Å². The number of imide groups is 1. The van der Waals surface area contributed by atoms with Crippen LogP contribution in [0.4, 0.5) is 16.2 Å². The summed E-state index contributed by atoms with van der Waals surface area (Å²) in [5.41, 5.74) is 1.38. The Morgan fingerprint density at radius 1 is 0.970 bits per heavy atom. The van der Waals surface area contributed by atoms with E-state index in [0.29, 0.717) is 21.8 Å². The number of rotatable bonds is 6. The Hall–Kier alpha value is -3.98.